The monoisotopic (exact) mass is 362 g/mol. The van der Waals surface area contributed by atoms with Crippen LogP contribution in [0.1, 0.15) is 24.8 Å². The number of carbonyl (C=O) groups is 2. The fraction of sp³-hybridized carbons (Fsp3) is 0.579. The van der Waals surface area contributed by atoms with Crippen LogP contribution in [0, 0.1) is 5.92 Å². The summed E-state index contributed by atoms with van der Waals surface area (Å²) < 4.78 is 5.65. The number of aliphatic hydroxyl groups is 2. The Hall–Kier alpha value is -1.96. The Morgan fingerprint density at radius 1 is 1.15 bits per heavy atom. The first-order chi connectivity index (χ1) is 12.5. The molecule has 0 aromatic heterocycles. The number of rotatable bonds is 7. The zero-order valence-electron chi connectivity index (χ0n) is 14.9. The van der Waals surface area contributed by atoms with Crippen LogP contribution in [0.5, 0.6) is 0 Å². The van der Waals surface area contributed by atoms with Crippen molar-refractivity contribution in [2.24, 2.45) is 5.92 Å². The molecule has 1 heterocycles. The van der Waals surface area contributed by atoms with E-state index < -0.39 is 24.4 Å². The zero-order chi connectivity index (χ0) is 18.7. The summed E-state index contributed by atoms with van der Waals surface area (Å²) in [5.41, 5.74) is 1.01. The highest BCUT2D eigenvalue weighted by atomic mass is 16.5. The summed E-state index contributed by atoms with van der Waals surface area (Å²) in [4.78, 5) is 25.7. The number of ether oxygens (including phenoxy) is 1. The van der Waals surface area contributed by atoms with Crippen LogP contribution in [0.15, 0.2) is 30.3 Å². The van der Waals surface area contributed by atoms with E-state index in [1.54, 1.807) is 11.9 Å². The molecule has 0 radical (unpaired) electrons. The van der Waals surface area contributed by atoms with Gasteiger partial charge in [0.25, 0.3) is 0 Å². The van der Waals surface area contributed by atoms with Gasteiger partial charge >= 0.3 is 0 Å². The maximum Gasteiger partial charge on any atom is 0.225 e. The van der Waals surface area contributed by atoms with E-state index in [1.807, 2.05) is 30.3 Å². The van der Waals surface area contributed by atoms with E-state index in [2.05, 4.69) is 5.32 Å². The van der Waals surface area contributed by atoms with Gasteiger partial charge in [0, 0.05) is 26.1 Å². The van der Waals surface area contributed by atoms with Crippen molar-refractivity contribution in [3.05, 3.63) is 35.9 Å². The van der Waals surface area contributed by atoms with Gasteiger partial charge < -0.3 is 25.2 Å². The molecule has 7 nitrogen and oxygen atoms in total. The van der Waals surface area contributed by atoms with Crippen molar-refractivity contribution < 1.29 is 24.5 Å². The summed E-state index contributed by atoms with van der Waals surface area (Å²) in [6, 6.07) is 9.61. The molecule has 7 heteroatoms. The molecule has 142 valence electrons. The number of benzene rings is 1. The van der Waals surface area contributed by atoms with Crippen LogP contribution >= 0.6 is 0 Å². The lowest BCUT2D eigenvalue weighted by Crippen LogP contribution is -2.40. The first kappa shape index (κ1) is 18.8. The van der Waals surface area contributed by atoms with Crippen molar-refractivity contribution in [3.63, 3.8) is 0 Å². The molecule has 3 N–H and O–H groups in total. The molecule has 1 aliphatic carbocycles. The van der Waals surface area contributed by atoms with Crippen molar-refractivity contribution in [2.45, 2.75) is 50.2 Å². The van der Waals surface area contributed by atoms with Crippen LogP contribution in [-0.2, 0) is 20.9 Å². The first-order valence-electron chi connectivity index (χ1n) is 9.03. The maximum absolute atomic E-state index is 12.4. The average molecular weight is 362 g/mol. The molecule has 1 aromatic rings. The molecule has 0 bridgehead atoms. The molecular formula is C19H26N2O5. The molecule has 1 aliphatic heterocycles. The number of aliphatic hydroxyl groups excluding tert-OH is 2. The number of hydrogen-bond acceptors (Lipinski definition) is 5. The topological polar surface area (TPSA) is 99.1 Å². The molecule has 26 heavy (non-hydrogen) atoms. The van der Waals surface area contributed by atoms with Gasteiger partial charge in [-0.05, 0) is 18.4 Å². The largest absolute Gasteiger partial charge is 0.388 e. The molecule has 1 saturated heterocycles. The second-order valence-corrected chi connectivity index (χ2v) is 7.15. The van der Waals surface area contributed by atoms with Gasteiger partial charge in [-0.2, -0.15) is 0 Å². The number of carbonyl (C=O) groups excluding carboxylic acids is 2. The lowest BCUT2D eigenvalue weighted by molar-refractivity contribution is -0.134. The van der Waals surface area contributed by atoms with Gasteiger partial charge in [0.15, 0.2) is 0 Å². The van der Waals surface area contributed by atoms with E-state index in [0.717, 1.165) is 18.4 Å². The third kappa shape index (κ3) is 4.60. The number of amides is 2. The Morgan fingerprint density at radius 2 is 1.81 bits per heavy atom. The van der Waals surface area contributed by atoms with Crippen molar-refractivity contribution in [1.82, 2.24) is 10.2 Å². The van der Waals surface area contributed by atoms with Crippen molar-refractivity contribution in [2.75, 3.05) is 13.6 Å². The smallest absolute Gasteiger partial charge is 0.225 e. The molecule has 1 saturated carbocycles. The van der Waals surface area contributed by atoms with E-state index >= 15 is 0 Å². The Labute approximate surface area is 152 Å². The molecule has 0 spiro atoms. The minimum Gasteiger partial charge on any atom is -0.388 e. The van der Waals surface area contributed by atoms with Gasteiger partial charge in [-0.3, -0.25) is 9.59 Å². The van der Waals surface area contributed by atoms with Crippen molar-refractivity contribution in [1.29, 1.82) is 0 Å². The lowest BCUT2D eigenvalue weighted by Gasteiger charge is -2.21. The van der Waals surface area contributed by atoms with Crippen LogP contribution in [0.2, 0.25) is 0 Å². The molecule has 3 rings (SSSR count). The summed E-state index contributed by atoms with van der Waals surface area (Å²) in [6.45, 7) is 0.601. The molecule has 2 amide bonds. The van der Waals surface area contributed by atoms with Crippen LogP contribution in [0.4, 0.5) is 0 Å². The predicted octanol–water partition coefficient (Wildman–Crippen LogP) is 0.0505. The third-order valence-electron chi connectivity index (χ3n) is 4.95. The third-order valence-corrected chi connectivity index (χ3v) is 4.95. The molecule has 1 aromatic carbocycles. The van der Waals surface area contributed by atoms with Gasteiger partial charge in [0.1, 0.15) is 18.3 Å². The molecule has 2 fully saturated rings. The van der Waals surface area contributed by atoms with E-state index in [-0.39, 0.29) is 30.7 Å². The van der Waals surface area contributed by atoms with Crippen LogP contribution < -0.4 is 5.32 Å². The summed E-state index contributed by atoms with van der Waals surface area (Å²) in [6.07, 6.45) is -1.97. The van der Waals surface area contributed by atoms with E-state index in [0.29, 0.717) is 6.54 Å². The van der Waals surface area contributed by atoms with Crippen molar-refractivity contribution in [3.8, 4) is 0 Å². The standard InChI is InChI=1S/C19H26N2O5/c1-21(11-12-5-3-2-4-6-12)16(22)9-14-17(23)18(24)15(26-14)10-20-19(25)13-7-8-13/h2-6,13-15,17-18,23-24H,7-11H2,1H3,(H,20,25)/t14-,15+,17-,18+/m0/s1. The Bertz CT molecular complexity index is 634. The number of hydrogen-bond donors (Lipinski definition) is 3. The highest BCUT2D eigenvalue weighted by Gasteiger charge is 2.44. The minimum atomic E-state index is -1.15. The second-order valence-electron chi connectivity index (χ2n) is 7.15. The summed E-state index contributed by atoms with van der Waals surface area (Å²) in [7, 11) is 1.69. The summed E-state index contributed by atoms with van der Waals surface area (Å²) in [5, 5.41) is 23.0. The fourth-order valence-corrected chi connectivity index (χ4v) is 3.13. The Morgan fingerprint density at radius 3 is 2.46 bits per heavy atom. The first-order valence-corrected chi connectivity index (χ1v) is 9.03. The van der Waals surface area contributed by atoms with Crippen LogP contribution in [0.25, 0.3) is 0 Å². The van der Waals surface area contributed by atoms with E-state index in [9.17, 15) is 19.8 Å². The minimum absolute atomic E-state index is 0.0192. The van der Waals surface area contributed by atoms with E-state index in [4.69, 9.17) is 4.74 Å². The predicted molar refractivity (Wildman–Crippen MR) is 93.9 cm³/mol. The van der Waals surface area contributed by atoms with E-state index in [1.165, 1.54) is 0 Å². The van der Waals surface area contributed by atoms with Gasteiger partial charge in [-0.1, -0.05) is 30.3 Å². The average Bonchev–Trinajstić information content (AvgIpc) is 3.45. The highest BCUT2D eigenvalue weighted by Crippen LogP contribution is 2.29. The highest BCUT2D eigenvalue weighted by molar-refractivity contribution is 5.80. The fourth-order valence-electron chi connectivity index (χ4n) is 3.13. The Kier molecular flexibility index (Phi) is 5.90. The van der Waals surface area contributed by atoms with Crippen LogP contribution in [-0.4, -0.2) is 64.9 Å². The summed E-state index contributed by atoms with van der Waals surface area (Å²) in [5.74, 6) is -0.146. The molecular weight excluding hydrogens is 336 g/mol. The van der Waals surface area contributed by atoms with Gasteiger partial charge in [0.2, 0.25) is 11.8 Å². The molecule has 4 atom stereocenters. The second kappa shape index (κ2) is 8.16. The van der Waals surface area contributed by atoms with Gasteiger partial charge in [0.05, 0.1) is 12.5 Å². The Balaban J connectivity index is 1.48. The molecule has 0 unspecified atom stereocenters. The zero-order valence-corrected chi connectivity index (χ0v) is 14.9. The SMILES string of the molecule is CN(Cc1ccccc1)C(=O)C[C@@H]1O[C@H](CNC(=O)C2CC2)[C@@H](O)[C@H]1O. The van der Waals surface area contributed by atoms with Crippen LogP contribution in [0.3, 0.4) is 0 Å². The summed E-state index contributed by atoms with van der Waals surface area (Å²) >= 11 is 0. The number of nitrogens with zero attached hydrogens (tertiary/aromatic N) is 1. The van der Waals surface area contributed by atoms with Gasteiger partial charge in [-0.25, -0.2) is 0 Å². The lowest BCUT2D eigenvalue weighted by atomic mass is 10.0. The normalized spacial score (nSPS) is 28.0. The molecule has 2 aliphatic rings. The quantitative estimate of drug-likeness (QED) is 0.637. The maximum atomic E-state index is 12.4. The van der Waals surface area contributed by atoms with Gasteiger partial charge in [-0.15, -0.1) is 0 Å². The van der Waals surface area contributed by atoms with Crippen molar-refractivity contribution >= 4 is 11.8 Å². The number of nitrogens with one attached hydrogen (secondary N) is 1.